The molecule has 3 atom stereocenters. The molecule has 0 saturated carbocycles. The third kappa shape index (κ3) is 2.60. The van der Waals surface area contributed by atoms with Gasteiger partial charge < -0.3 is 15.9 Å². The summed E-state index contributed by atoms with van der Waals surface area (Å²) < 4.78 is 0. The number of rotatable bonds is 3. The Morgan fingerprint density at radius 1 is 1.33 bits per heavy atom. The van der Waals surface area contributed by atoms with E-state index in [-0.39, 0.29) is 23.6 Å². The Morgan fingerprint density at radius 2 is 2.06 bits per heavy atom. The van der Waals surface area contributed by atoms with Crippen molar-refractivity contribution in [1.82, 2.24) is 4.90 Å². The average molecular weight is 250 g/mol. The third-order valence-electron chi connectivity index (χ3n) is 4.01. The maximum atomic E-state index is 9.88. The normalized spacial score (nSPS) is 24.1. The molecule has 0 radical (unpaired) electrons. The first kappa shape index (κ1) is 13.2. The van der Waals surface area contributed by atoms with Crippen LogP contribution >= 0.6 is 0 Å². The van der Waals surface area contributed by atoms with Crippen LogP contribution in [0.2, 0.25) is 0 Å². The minimum Gasteiger partial charge on any atom is -0.508 e. The standard InChI is InChI=1S/C14H22N2O2/c1-9(15)11-5-6-16(8-11)10(2)13-7-12(17)3-4-14(13)18/h3-4,7,9-11,17-18H,5-6,8,15H2,1-2H3. The maximum Gasteiger partial charge on any atom is 0.120 e. The topological polar surface area (TPSA) is 69.7 Å². The molecule has 1 heterocycles. The lowest BCUT2D eigenvalue weighted by molar-refractivity contribution is 0.243. The van der Waals surface area contributed by atoms with Crippen molar-refractivity contribution in [3.8, 4) is 11.5 Å². The second-order valence-corrected chi connectivity index (χ2v) is 5.32. The van der Waals surface area contributed by atoms with Crippen LogP contribution in [0.1, 0.15) is 31.9 Å². The smallest absolute Gasteiger partial charge is 0.120 e. The largest absolute Gasteiger partial charge is 0.508 e. The number of nitrogens with zero attached hydrogens (tertiary/aromatic N) is 1. The summed E-state index contributed by atoms with van der Waals surface area (Å²) in [5.41, 5.74) is 6.71. The summed E-state index contributed by atoms with van der Waals surface area (Å²) >= 11 is 0. The van der Waals surface area contributed by atoms with E-state index in [1.165, 1.54) is 6.07 Å². The van der Waals surface area contributed by atoms with Crippen LogP contribution < -0.4 is 5.73 Å². The van der Waals surface area contributed by atoms with Gasteiger partial charge in [0.05, 0.1) is 0 Å². The minimum absolute atomic E-state index is 0.0980. The zero-order valence-corrected chi connectivity index (χ0v) is 11.0. The second-order valence-electron chi connectivity index (χ2n) is 5.32. The van der Waals surface area contributed by atoms with Crippen molar-refractivity contribution in [3.63, 3.8) is 0 Å². The van der Waals surface area contributed by atoms with Crippen LogP contribution in [0.25, 0.3) is 0 Å². The number of benzene rings is 1. The molecule has 0 bridgehead atoms. The van der Waals surface area contributed by atoms with Crippen molar-refractivity contribution < 1.29 is 10.2 Å². The van der Waals surface area contributed by atoms with Crippen LogP contribution in [0.5, 0.6) is 11.5 Å². The SMILES string of the molecule is CC(N)C1CCN(C(C)c2cc(O)ccc2O)C1. The van der Waals surface area contributed by atoms with Gasteiger partial charge in [0.15, 0.2) is 0 Å². The highest BCUT2D eigenvalue weighted by Crippen LogP contribution is 2.34. The molecule has 0 aliphatic carbocycles. The summed E-state index contributed by atoms with van der Waals surface area (Å²) in [5.74, 6) is 0.953. The van der Waals surface area contributed by atoms with Gasteiger partial charge in [0.1, 0.15) is 11.5 Å². The van der Waals surface area contributed by atoms with Gasteiger partial charge >= 0.3 is 0 Å². The average Bonchev–Trinajstić information content (AvgIpc) is 2.81. The fourth-order valence-corrected chi connectivity index (χ4v) is 2.67. The molecule has 18 heavy (non-hydrogen) atoms. The van der Waals surface area contributed by atoms with Gasteiger partial charge in [0.25, 0.3) is 0 Å². The van der Waals surface area contributed by atoms with Crippen molar-refractivity contribution in [2.45, 2.75) is 32.4 Å². The zero-order chi connectivity index (χ0) is 13.3. The molecule has 1 aliphatic heterocycles. The Balaban J connectivity index is 2.12. The summed E-state index contributed by atoms with van der Waals surface area (Å²) in [6, 6.07) is 4.99. The predicted octanol–water partition coefficient (Wildman–Crippen LogP) is 1.83. The van der Waals surface area contributed by atoms with Crippen LogP contribution in [0, 0.1) is 5.92 Å². The first-order valence-electron chi connectivity index (χ1n) is 6.50. The Hall–Kier alpha value is -1.26. The number of phenols is 2. The summed E-state index contributed by atoms with van der Waals surface area (Å²) in [6.07, 6.45) is 1.10. The van der Waals surface area contributed by atoms with Crippen molar-refractivity contribution in [2.75, 3.05) is 13.1 Å². The molecule has 2 rings (SSSR count). The molecule has 0 spiro atoms. The molecule has 1 aliphatic rings. The molecule has 4 nitrogen and oxygen atoms in total. The monoisotopic (exact) mass is 250 g/mol. The lowest BCUT2D eigenvalue weighted by atomic mass is 10.0. The van der Waals surface area contributed by atoms with E-state index >= 15 is 0 Å². The molecule has 4 N–H and O–H groups in total. The number of phenolic OH excluding ortho intramolecular Hbond substituents is 2. The lowest BCUT2D eigenvalue weighted by Crippen LogP contribution is -2.31. The first-order chi connectivity index (χ1) is 8.49. The number of hydrogen-bond donors (Lipinski definition) is 3. The summed E-state index contributed by atoms with van der Waals surface area (Å²) in [4.78, 5) is 2.31. The molecule has 1 fully saturated rings. The maximum absolute atomic E-state index is 9.88. The van der Waals surface area contributed by atoms with Crippen molar-refractivity contribution >= 4 is 0 Å². The molecule has 0 aromatic heterocycles. The van der Waals surface area contributed by atoms with Gasteiger partial charge in [-0.25, -0.2) is 0 Å². The molecule has 1 saturated heterocycles. The molecule has 3 unspecified atom stereocenters. The Morgan fingerprint density at radius 3 is 2.67 bits per heavy atom. The Labute approximate surface area is 108 Å². The minimum atomic E-state index is 0.0980. The van der Waals surface area contributed by atoms with Crippen molar-refractivity contribution in [1.29, 1.82) is 0 Å². The molecule has 1 aromatic carbocycles. The van der Waals surface area contributed by atoms with E-state index < -0.39 is 0 Å². The van der Waals surface area contributed by atoms with E-state index in [0.29, 0.717) is 5.92 Å². The highest BCUT2D eigenvalue weighted by Gasteiger charge is 2.29. The lowest BCUT2D eigenvalue weighted by Gasteiger charge is -2.26. The van der Waals surface area contributed by atoms with Crippen LogP contribution in [0.15, 0.2) is 18.2 Å². The van der Waals surface area contributed by atoms with E-state index in [9.17, 15) is 10.2 Å². The van der Waals surface area contributed by atoms with Crippen LogP contribution in [-0.2, 0) is 0 Å². The third-order valence-corrected chi connectivity index (χ3v) is 4.01. The van der Waals surface area contributed by atoms with Crippen molar-refractivity contribution in [2.24, 2.45) is 11.7 Å². The molecule has 0 amide bonds. The highest BCUT2D eigenvalue weighted by atomic mass is 16.3. The van der Waals surface area contributed by atoms with Crippen molar-refractivity contribution in [3.05, 3.63) is 23.8 Å². The van der Waals surface area contributed by atoms with Crippen LogP contribution in [-0.4, -0.2) is 34.2 Å². The number of likely N-dealkylation sites (tertiary alicyclic amines) is 1. The van der Waals surface area contributed by atoms with Gasteiger partial charge in [-0.15, -0.1) is 0 Å². The quantitative estimate of drug-likeness (QED) is 0.716. The highest BCUT2D eigenvalue weighted by molar-refractivity contribution is 5.40. The summed E-state index contributed by atoms with van der Waals surface area (Å²) in [6.45, 7) is 6.04. The molecule has 4 heteroatoms. The number of nitrogens with two attached hydrogens (primary N) is 1. The van der Waals surface area contributed by atoms with Gasteiger partial charge in [-0.05, 0) is 50.9 Å². The fraction of sp³-hybridized carbons (Fsp3) is 0.571. The molecule has 1 aromatic rings. The number of hydrogen-bond acceptors (Lipinski definition) is 4. The molecular formula is C14H22N2O2. The van der Waals surface area contributed by atoms with E-state index in [1.54, 1.807) is 12.1 Å². The van der Waals surface area contributed by atoms with Crippen LogP contribution in [0.4, 0.5) is 0 Å². The van der Waals surface area contributed by atoms with Gasteiger partial charge in [-0.1, -0.05) is 0 Å². The second kappa shape index (κ2) is 5.16. The summed E-state index contributed by atoms with van der Waals surface area (Å²) in [5, 5.41) is 19.4. The van der Waals surface area contributed by atoms with E-state index in [0.717, 1.165) is 25.1 Å². The Bertz CT molecular complexity index is 420. The van der Waals surface area contributed by atoms with Crippen LogP contribution in [0.3, 0.4) is 0 Å². The van der Waals surface area contributed by atoms with Gasteiger partial charge in [-0.2, -0.15) is 0 Å². The van der Waals surface area contributed by atoms with E-state index in [4.69, 9.17) is 5.73 Å². The van der Waals surface area contributed by atoms with E-state index in [1.807, 2.05) is 6.92 Å². The zero-order valence-electron chi connectivity index (χ0n) is 11.0. The Kier molecular flexibility index (Phi) is 3.78. The number of aromatic hydroxyl groups is 2. The summed E-state index contributed by atoms with van der Waals surface area (Å²) in [7, 11) is 0. The predicted molar refractivity (Wildman–Crippen MR) is 71.5 cm³/mol. The molecular weight excluding hydrogens is 228 g/mol. The fourth-order valence-electron chi connectivity index (χ4n) is 2.67. The first-order valence-corrected chi connectivity index (χ1v) is 6.50. The van der Waals surface area contributed by atoms with Gasteiger partial charge in [0.2, 0.25) is 0 Å². The molecule has 100 valence electrons. The van der Waals surface area contributed by atoms with Gasteiger partial charge in [-0.3, -0.25) is 4.90 Å². The van der Waals surface area contributed by atoms with Gasteiger partial charge in [0, 0.05) is 24.2 Å². The van der Waals surface area contributed by atoms with E-state index in [2.05, 4.69) is 11.8 Å².